The molecule has 0 spiro atoms. The molecule has 2 aromatic rings. The second-order valence-electron chi connectivity index (χ2n) is 5.57. The Labute approximate surface area is 147 Å². The molecule has 1 aromatic heterocycles. The molecule has 1 amide bonds. The zero-order valence-electron chi connectivity index (χ0n) is 14.1. The summed E-state index contributed by atoms with van der Waals surface area (Å²) in [4.78, 5) is 31.5. The van der Waals surface area contributed by atoms with Gasteiger partial charge in [0.15, 0.2) is 0 Å². The van der Waals surface area contributed by atoms with Crippen LogP contribution in [0.4, 0.5) is 13.2 Å². The molecule has 0 saturated carbocycles. The van der Waals surface area contributed by atoms with E-state index in [0.29, 0.717) is 11.3 Å². The van der Waals surface area contributed by atoms with E-state index in [1.165, 1.54) is 31.2 Å². The number of alkyl halides is 3. The fourth-order valence-corrected chi connectivity index (χ4v) is 2.17. The average Bonchev–Trinajstić information content (AvgIpc) is 2.50. The Kier molecular flexibility index (Phi) is 5.91. The number of aryl methyl sites for hydroxylation is 1. The second kappa shape index (κ2) is 7.94. The standard InChI is InChI=1S/C17H16F3N3O3/c1-10-6-14(23-15(22-10)7-11(2)24)16(25)21-9-12-4-3-5-13(8-12)26-17(18,19)20/h3-6,8H,7,9H2,1-2H3,(H,21,25). The number of hydrogen-bond donors (Lipinski definition) is 1. The maximum absolute atomic E-state index is 12.2. The van der Waals surface area contributed by atoms with E-state index in [0.717, 1.165) is 0 Å². The van der Waals surface area contributed by atoms with Crippen molar-refractivity contribution in [2.24, 2.45) is 0 Å². The number of ether oxygens (including phenoxy) is 1. The number of benzene rings is 1. The van der Waals surface area contributed by atoms with Crippen LogP contribution in [0, 0.1) is 6.92 Å². The lowest BCUT2D eigenvalue weighted by Gasteiger charge is -2.11. The fourth-order valence-electron chi connectivity index (χ4n) is 2.17. The molecule has 138 valence electrons. The van der Waals surface area contributed by atoms with Gasteiger partial charge in [0.2, 0.25) is 0 Å². The van der Waals surface area contributed by atoms with E-state index in [1.54, 1.807) is 13.0 Å². The Balaban J connectivity index is 2.06. The molecule has 0 fully saturated rings. The number of carbonyl (C=O) groups is 2. The van der Waals surface area contributed by atoms with E-state index >= 15 is 0 Å². The number of rotatable bonds is 6. The second-order valence-corrected chi connectivity index (χ2v) is 5.57. The van der Waals surface area contributed by atoms with Crippen molar-refractivity contribution in [2.45, 2.75) is 33.2 Å². The zero-order valence-corrected chi connectivity index (χ0v) is 14.1. The molecule has 6 nitrogen and oxygen atoms in total. The van der Waals surface area contributed by atoms with Gasteiger partial charge in [-0.05, 0) is 37.6 Å². The highest BCUT2D eigenvalue weighted by Gasteiger charge is 2.31. The van der Waals surface area contributed by atoms with Gasteiger partial charge in [0.1, 0.15) is 23.1 Å². The van der Waals surface area contributed by atoms with E-state index in [2.05, 4.69) is 20.0 Å². The maximum atomic E-state index is 12.2. The monoisotopic (exact) mass is 367 g/mol. The Hall–Kier alpha value is -2.97. The van der Waals surface area contributed by atoms with Gasteiger partial charge in [-0.1, -0.05) is 12.1 Å². The van der Waals surface area contributed by atoms with E-state index < -0.39 is 12.3 Å². The number of hydrogen-bond acceptors (Lipinski definition) is 5. The molecule has 0 aliphatic heterocycles. The van der Waals surface area contributed by atoms with Crippen molar-refractivity contribution in [1.82, 2.24) is 15.3 Å². The first-order valence-corrected chi connectivity index (χ1v) is 7.59. The third-order valence-corrected chi connectivity index (χ3v) is 3.13. The summed E-state index contributed by atoms with van der Waals surface area (Å²) < 4.78 is 40.6. The first-order chi connectivity index (χ1) is 12.1. The summed E-state index contributed by atoms with van der Waals surface area (Å²) in [5.41, 5.74) is 1.04. The number of Topliss-reactive ketones (excluding diaryl/α,β-unsaturated/α-hetero) is 1. The predicted octanol–water partition coefficient (Wildman–Crippen LogP) is 2.75. The summed E-state index contributed by atoms with van der Waals surface area (Å²) in [5, 5.41) is 2.56. The predicted molar refractivity (Wildman–Crippen MR) is 85.4 cm³/mol. The number of carbonyl (C=O) groups excluding carboxylic acids is 2. The van der Waals surface area contributed by atoms with Crippen molar-refractivity contribution in [3.63, 3.8) is 0 Å². The molecule has 0 saturated heterocycles. The molecule has 1 N–H and O–H groups in total. The van der Waals surface area contributed by atoms with Crippen molar-refractivity contribution in [1.29, 1.82) is 0 Å². The van der Waals surface area contributed by atoms with Crippen LogP contribution < -0.4 is 10.1 Å². The first-order valence-electron chi connectivity index (χ1n) is 7.59. The molecule has 0 atom stereocenters. The van der Waals surface area contributed by atoms with E-state index in [9.17, 15) is 22.8 Å². The molecule has 26 heavy (non-hydrogen) atoms. The lowest BCUT2D eigenvalue weighted by Crippen LogP contribution is -2.25. The van der Waals surface area contributed by atoms with Crippen molar-refractivity contribution < 1.29 is 27.5 Å². The lowest BCUT2D eigenvalue weighted by atomic mass is 10.2. The molecular weight excluding hydrogens is 351 g/mol. The van der Waals surface area contributed by atoms with Gasteiger partial charge in [0.25, 0.3) is 5.91 Å². The minimum absolute atomic E-state index is 0.0127. The summed E-state index contributed by atoms with van der Waals surface area (Å²) in [7, 11) is 0. The van der Waals surface area contributed by atoms with Gasteiger partial charge in [0, 0.05) is 12.2 Å². The molecule has 0 aliphatic rings. The van der Waals surface area contributed by atoms with Crippen LogP contribution in [0.25, 0.3) is 0 Å². The van der Waals surface area contributed by atoms with E-state index in [1.807, 2.05) is 0 Å². The van der Waals surface area contributed by atoms with Crippen LogP contribution in [0.1, 0.15) is 34.5 Å². The van der Waals surface area contributed by atoms with Gasteiger partial charge in [-0.3, -0.25) is 9.59 Å². The van der Waals surface area contributed by atoms with Crippen LogP contribution in [0.2, 0.25) is 0 Å². The zero-order chi connectivity index (χ0) is 19.3. The summed E-state index contributed by atoms with van der Waals surface area (Å²) in [6.07, 6.45) is -4.77. The van der Waals surface area contributed by atoms with Crippen LogP contribution in [0.3, 0.4) is 0 Å². The number of nitrogens with one attached hydrogen (secondary N) is 1. The Bertz CT molecular complexity index is 822. The molecule has 9 heteroatoms. The molecule has 1 aromatic carbocycles. The summed E-state index contributed by atoms with van der Waals surface area (Å²) in [6.45, 7) is 3.04. The van der Waals surface area contributed by atoms with Gasteiger partial charge in [-0.25, -0.2) is 9.97 Å². The van der Waals surface area contributed by atoms with Gasteiger partial charge >= 0.3 is 6.36 Å². The highest BCUT2D eigenvalue weighted by molar-refractivity contribution is 5.92. The molecule has 1 heterocycles. The molecule has 0 bridgehead atoms. The van der Waals surface area contributed by atoms with Crippen molar-refractivity contribution in [2.75, 3.05) is 0 Å². The summed E-state index contributed by atoms with van der Waals surface area (Å²) in [5.74, 6) is -0.792. The summed E-state index contributed by atoms with van der Waals surface area (Å²) >= 11 is 0. The molecule has 0 unspecified atom stereocenters. The SMILES string of the molecule is CC(=O)Cc1nc(C)cc(C(=O)NCc2cccc(OC(F)(F)F)c2)n1. The number of aromatic nitrogens is 2. The van der Waals surface area contributed by atoms with Crippen LogP contribution in [-0.2, 0) is 17.8 Å². The van der Waals surface area contributed by atoms with E-state index in [-0.39, 0.29) is 36.0 Å². The lowest BCUT2D eigenvalue weighted by molar-refractivity contribution is -0.274. The Morgan fingerprint density at radius 3 is 2.58 bits per heavy atom. The van der Waals surface area contributed by atoms with Crippen molar-refractivity contribution in [3.05, 3.63) is 53.1 Å². The normalized spacial score (nSPS) is 11.1. The largest absolute Gasteiger partial charge is 0.573 e. The average molecular weight is 367 g/mol. The highest BCUT2D eigenvalue weighted by Crippen LogP contribution is 2.23. The van der Waals surface area contributed by atoms with Crippen LogP contribution in [0.15, 0.2) is 30.3 Å². The number of nitrogens with zero attached hydrogens (tertiary/aromatic N) is 2. The first kappa shape index (κ1) is 19.4. The molecule has 0 aliphatic carbocycles. The third kappa shape index (κ3) is 6.15. The summed E-state index contributed by atoms with van der Waals surface area (Å²) in [6, 6.07) is 6.75. The Morgan fingerprint density at radius 2 is 1.92 bits per heavy atom. The van der Waals surface area contributed by atoms with Gasteiger partial charge in [0.05, 0.1) is 6.42 Å². The quantitative estimate of drug-likeness (QED) is 0.849. The van der Waals surface area contributed by atoms with Crippen molar-refractivity contribution >= 4 is 11.7 Å². The Morgan fingerprint density at radius 1 is 1.19 bits per heavy atom. The topological polar surface area (TPSA) is 81.2 Å². The smallest absolute Gasteiger partial charge is 0.406 e. The maximum Gasteiger partial charge on any atom is 0.573 e. The van der Waals surface area contributed by atoms with Gasteiger partial charge < -0.3 is 10.1 Å². The number of ketones is 1. The minimum atomic E-state index is -4.78. The third-order valence-electron chi connectivity index (χ3n) is 3.13. The van der Waals surface area contributed by atoms with Gasteiger partial charge in [-0.2, -0.15) is 0 Å². The van der Waals surface area contributed by atoms with E-state index in [4.69, 9.17) is 0 Å². The fraction of sp³-hybridized carbons (Fsp3) is 0.294. The van der Waals surface area contributed by atoms with Crippen LogP contribution >= 0.6 is 0 Å². The number of amides is 1. The molecule has 2 rings (SSSR count). The highest BCUT2D eigenvalue weighted by atomic mass is 19.4. The molecular formula is C17H16F3N3O3. The van der Waals surface area contributed by atoms with Crippen LogP contribution in [-0.4, -0.2) is 28.0 Å². The van der Waals surface area contributed by atoms with Crippen LogP contribution in [0.5, 0.6) is 5.75 Å². The molecule has 0 radical (unpaired) electrons. The van der Waals surface area contributed by atoms with Gasteiger partial charge in [-0.15, -0.1) is 13.2 Å². The number of halogens is 3. The van der Waals surface area contributed by atoms with Crippen molar-refractivity contribution in [3.8, 4) is 5.75 Å². The minimum Gasteiger partial charge on any atom is -0.406 e.